The summed E-state index contributed by atoms with van der Waals surface area (Å²) in [7, 11) is 0. The molecule has 0 saturated carbocycles. The van der Waals surface area contributed by atoms with Crippen LogP contribution in [0, 0.1) is 0 Å². The molecule has 0 N–H and O–H groups in total. The van der Waals surface area contributed by atoms with Crippen LogP contribution in [0.4, 0.5) is 0 Å². The van der Waals surface area contributed by atoms with E-state index in [-0.39, 0.29) is 5.97 Å². The SMILES string of the molecule is C/C=C/C(=O)OC(=O)/C=C/C.C=COC(C)=O. The van der Waals surface area contributed by atoms with Gasteiger partial charge in [-0.25, -0.2) is 9.59 Å². The van der Waals surface area contributed by atoms with Gasteiger partial charge in [-0.2, -0.15) is 0 Å². The Hall–Kier alpha value is -2.17. The van der Waals surface area contributed by atoms with Gasteiger partial charge in [-0.1, -0.05) is 18.7 Å². The van der Waals surface area contributed by atoms with Crippen LogP contribution in [-0.2, 0) is 23.9 Å². The summed E-state index contributed by atoms with van der Waals surface area (Å²) in [4.78, 5) is 30.9. The lowest BCUT2D eigenvalue weighted by molar-refractivity contribution is -0.152. The van der Waals surface area contributed by atoms with Crippen LogP contribution in [0.15, 0.2) is 37.1 Å². The third-order valence-electron chi connectivity index (χ3n) is 1.06. The Kier molecular flexibility index (Phi) is 12.1. The Bertz CT molecular complexity index is 304. The molecule has 0 aliphatic rings. The Morgan fingerprint density at radius 2 is 1.41 bits per heavy atom. The summed E-state index contributed by atoms with van der Waals surface area (Å²) in [6, 6.07) is 0. The highest BCUT2D eigenvalue weighted by Gasteiger charge is 2.00. The van der Waals surface area contributed by atoms with Gasteiger partial charge in [0, 0.05) is 19.1 Å². The van der Waals surface area contributed by atoms with Crippen molar-refractivity contribution >= 4 is 17.9 Å². The van der Waals surface area contributed by atoms with Crippen molar-refractivity contribution in [2.24, 2.45) is 0 Å². The van der Waals surface area contributed by atoms with Crippen LogP contribution >= 0.6 is 0 Å². The maximum Gasteiger partial charge on any atom is 0.338 e. The molecule has 0 aromatic carbocycles. The van der Waals surface area contributed by atoms with E-state index in [1.54, 1.807) is 13.8 Å². The van der Waals surface area contributed by atoms with Crippen molar-refractivity contribution in [3.63, 3.8) is 0 Å². The Balaban J connectivity index is 0. The monoisotopic (exact) mass is 240 g/mol. The standard InChI is InChI=1S/C8H10O3.C4H6O2/c1-3-5-7(9)11-8(10)6-4-2;1-3-6-4(2)5/h3-6H,1-2H3;3H,1H2,2H3/b5-3+,6-4+;. The average molecular weight is 240 g/mol. The van der Waals surface area contributed by atoms with Gasteiger partial charge in [-0.05, 0) is 13.8 Å². The highest BCUT2D eigenvalue weighted by Crippen LogP contribution is 1.84. The number of carbonyl (C=O) groups excluding carboxylic acids is 3. The Morgan fingerprint density at radius 1 is 1.00 bits per heavy atom. The van der Waals surface area contributed by atoms with Gasteiger partial charge in [0.15, 0.2) is 0 Å². The molecule has 0 rings (SSSR count). The minimum Gasteiger partial charge on any atom is -0.435 e. The summed E-state index contributed by atoms with van der Waals surface area (Å²) in [6.45, 7) is 7.81. The fourth-order valence-electron chi connectivity index (χ4n) is 0.557. The number of rotatable bonds is 3. The first-order valence-corrected chi connectivity index (χ1v) is 4.77. The number of hydrogen-bond donors (Lipinski definition) is 0. The van der Waals surface area contributed by atoms with E-state index in [0.29, 0.717) is 0 Å². The first-order chi connectivity index (χ1) is 7.97. The number of carbonyl (C=O) groups is 3. The predicted octanol–water partition coefficient (Wildman–Crippen LogP) is 1.90. The molecule has 0 spiro atoms. The molecular formula is C12H16O5. The van der Waals surface area contributed by atoms with Crippen molar-refractivity contribution in [2.75, 3.05) is 0 Å². The van der Waals surface area contributed by atoms with Crippen molar-refractivity contribution in [2.45, 2.75) is 20.8 Å². The van der Waals surface area contributed by atoms with Gasteiger partial charge >= 0.3 is 17.9 Å². The van der Waals surface area contributed by atoms with E-state index < -0.39 is 11.9 Å². The van der Waals surface area contributed by atoms with Gasteiger partial charge < -0.3 is 9.47 Å². The summed E-state index contributed by atoms with van der Waals surface area (Å²) in [6.07, 6.45) is 6.47. The largest absolute Gasteiger partial charge is 0.435 e. The lowest BCUT2D eigenvalue weighted by atomic mass is 10.5. The van der Waals surface area contributed by atoms with E-state index in [2.05, 4.69) is 16.1 Å². The van der Waals surface area contributed by atoms with Gasteiger partial charge in [-0.15, -0.1) is 0 Å². The molecule has 0 amide bonds. The number of ether oxygens (including phenoxy) is 2. The van der Waals surface area contributed by atoms with Gasteiger partial charge in [0.25, 0.3) is 0 Å². The summed E-state index contributed by atoms with van der Waals surface area (Å²) >= 11 is 0. The Morgan fingerprint density at radius 3 is 1.59 bits per heavy atom. The van der Waals surface area contributed by atoms with E-state index in [1.165, 1.54) is 31.2 Å². The summed E-state index contributed by atoms with van der Waals surface area (Å²) < 4.78 is 8.45. The predicted molar refractivity (Wildman–Crippen MR) is 62.7 cm³/mol. The molecule has 0 fully saturated rings. The van der Waals surface area contributed by atoms with E-state index >= 15 is 0 Å². The minimum absolute atomic E-state index is 0.329. The van der Waals surface area contributed by atoms with Gasteiger partial charge in [0.2, 0.25) is 0 Å². The lowest BCUT2D eigenvalue weighted by Gasteiger charge is -1.91. The number of allylic oxidation sites excluding steroid dienone is 2. The van der Waals surface area contributed by atoms with Crippen LogP contribution in [0.1, 0.15) is 20.8 Å². The van der Waals surface area contributed by atoms with Gasteiger partial charge in [0.1, 0.15) is 0 Å². The molecular weight excluding hydrogens is 224 g/mol. The second kappa shape index (κ2) is 11.9. The number of esters is 3. The second-order valence-corrected chi connectivity index (χ2v) is 2.52. The smallest absolute Gasteiger partial charge is 0.338 e. The maximum atomic E-state index is 10.6. The molecule has 94 valence electrons. The molecule has 0 saturated heterocycles. The molecule has 0 unspecified atom stereocenters. The van der Waals surface area contributed by atoms with E-state index in [9.17, 15) is 14.4 Å². The maximum absolute atomic E-state index is 10.6. The van der Waals surface area contributed by atoms with Crippen molar-refractivity contribution in [1.29, 1.82) is 0 Å². The molecule has 0 atom stereocenters. The Labute approximate surface area is 100 Å². The third kappa shape index (κ3) is 16.5. The zero-order valence-corrected chi connectivity index (χ0v) is 10.1. The molecule has 5 nitrogen and oxygen atoms in total. The van der Waals surface area contributed by atoms with E-state index in [4.69, 9.17) is 0 Å². The normalized spacial score (nSPS) is 9.35. The van der Waals surface area contributed by atoms with Crippen LogP contribution in [0.3, 0.4) is 0 Å². The quantitative estimate of drug-likeness (QED) is 0.326. The van der Waals surface area contributed by atoms with Crippen molar-refractivity contribution in [1.82, 2.24) is 0 Å². The van der Waals surface area contributed by atoms with E-state index in [1.807, 2.05) is 0 Å². The van der Waals surface area contributed by atoms with Gasteiger partial charge in [0.05, 0.1) is 6.26 Å². The highest BCUT2D eigenvalue weighted by molar-refractivity contribution is 5.96. The first kappa shape index (κ1) is 17.2. The lowest BCUT2D eigenvalue weighted by Crippen LogP contribution is -2.06. The average Bonchev–Trinajstić information content (AvgIpc) is 2.18. The molecule has 17 heavy (non-hydrogen) atoms. The highest BCUT2D eigenvalue weighted by atomic mass is 16.6. The topological polar surface area (TPSA) is 69.7 Å². The third-order valence-corrected chi connectivity index (χ3v) is 1.06. The zero-order chi connectivity index (χ0) is 13.7. The fraction of sp³-hybridized carbons (Fsp3) is 0.250. The second-order valence-electron chi connectivity index (χ2n) is 2.52. The zero-order valence-electron chi connectivity index (χ0n) is 10.1. The molecule has 0 aromatic rings. The van der Waals surface area contributed by atoms with Crippen LogP contribution in [0.25, 0.3) is 0 Å². The van der Waals surface area contributed by atoms with Crippen LogP contribution in [-0.4, -0.2) is 17.9 Å². The van der Waals surface area contributed by atoms with E-state index in [0.717, 1.165) is 6.26 Å². The van der Waals surface area contributed by atoms with Crippen LogP contribution < -0.4 is 0 Å². The minimum atomic E-state index is -0.643. The summed E-state index contributed by atoms with van der Waals surface area (Å²) in [5.74, 6) is -1.61. The summed E-state index contributed by atoms with van der Waals surface area (Å²) in [5, 5.41) is 0. The molecule has 0 aliphatic heterocycles. The molecule has 0 heterocycles. The van der Waals surface area contributed by atoms with Crippen molar-refractivity contribution in [3.8, 4) is 0 Å². The molecule has 0 bridgehead atoms. The molecule has 5 heteroatoms. The van der Waals surface area contributed by atoms with Crippen molar-refractivity contribution < 1.29 is 23.9 Å². The van der Waals surface area contributed by atoms with Crippen LogP contribution in [0.2, 0.25) is 0 Å². The number of hydrogen-bond acceptors (Lipinski definition) is 5. The summed E-state index contributed by atoms with van der Waals surface area (Å²) in [5.41, 5.74) is 0. The molecule has 0 aliphatic carbocycles. The van der Waals surface area contributed by atoms with Crippen LogP contribution in [0.5, 0.6) is 0 Å². The first-order valence-electron chi connectivity index (χ1n) is 4.77. The fourth-order valence-corrected chi connectivity index (χ4v) is 0.557. The van der Waals surface area contributed by atoms with Crippen molar-refractivity contribution in [3.05, 3.63) is 37.1 Å². The molecule has 0 radical (unpaired) electrons. The molecule has 0 aromatic heterocycles. The van der Waals surface area contributed by atoms with Gasteiger partial charge in [-0.3, -0.25) is 4.79 Å².